The summed E-state index contributed by atoms with van der Waals surface area (Å²) in [5.74, 6) is -1.56. The maximum absolute atomic E-state index is 13.3. The molecule has 0 aromatic carbocycles. The Hall–Kier alpha value is -3.11. The summed E-state index contributed by atoms with van der Waals surface area (Å²) in [4.78, 5) is 28.8. The number of nitrogens with two attached hydrogens (primary N) is 1. The number of carbonyl (C=O) groups excluding carboxylic acids is 2. The Morgan fingerprint density at radius 1 is 1.36 bits per heavy atom. The van der Waals surface area contributed by atoms with Crippen molar-refractivity contribution in [2.24, 2.45) is 11.7 Å². The number of hydrogen-bond donors (Lipinski definition) is 2. The van der Waals surface area contributed by atoms with E-state index in [1.54, 1.807) is 0 Å². The van der Waals surface area contributed by atoms with Gasteiger partial charge in [-0.3, -0.25) is 14.3 Å². The number of rotatable bonds is 5. The van der Waals surface area contributed by atoms with E-state index < -0.39 is 23.6 Å². The number of alkyl halides is 3. The second-order valence-corrected chi connectivity index (χ2v) is 6.54. The van der Waals surface area contributed by atoms with Gasteiger partial charge >= 0.3 is 6.18 Å². The molecular formula is C17H19F3N6O2. The van der Waals surface area contributed by atoms with Gasteiger partial charge in [-0.25, -0.2) is 4.98 Å². The lowest BCUT2D eigenvalue weighted by Crippen LogP contribution is -2.41. The van der Waals surface area contributed by atoms with E-state index in [1.165, 1.54) is 34.2 Å². The van der Waals surface area contributed by atoms with Crippen molar-refractivity contribution in [3.8, 4) is 0 Å². The molecule has 150 valence electrons. The molecule has 2 aromatic rings. The summed E-state index contributed by atoms with van der Waals surface area (Å²) in [7, 11) is 0. The quantitative estimate of drug-likeness (QED) is 0.799. The molecular weight excluding hydrogens is 377 g/mol. The second-order valence-electron chi connectivity index (χ2n) is 6.54. The summed E-state index contributed by atoms with van der Waals surface area (Å²) >= 11 is 0. The number of aromatic nitrogens is 3. The molecule has 0 aliphatic carbocycles. The van der Waals surface area contributed by atoms with Gasteiger partial charge in [0.1, 0.15) is 12.4 Å². The van der Waals surface area contributed by atoms with Gasteiger partial charge in [0, 0.05) is 25.5 Å². The Labute approximate surface area is 158 Å². The van der Waals surface area contributed by atoms with E-state index in [-0.39, 0.29) is 24.8 Å². The molecule has 0 bridgehead atoms. The third kappa shape index (κ3) is 4.59. The smallest absolute Gasteiger partial charge is 0.368 e. The Morgan fingerprint density at radius 2 is 2.14 bits per heavy atom. The Morgan fingerprint density at radius 3 is 2.86 bits per heavy atom. The van der Waals surface area contributed by atoms with Crippen LogP contribution in [-0.4, -0.2) is 39.7 Å². The molecule has 2 amide bonds. The number of amides is 2. The molecule has 1 aliphatic heterocycles. The predicted molar refractivity (Wildman–Crippen MR) is 94.2 cm³/mol. The van der Waals surface area contributed by atoms with Gasteiger partial charge in [-0.15, -0.1) is 0 Å². The van der Waals surface area contributed by atoms with Crippen LogP contribution in [0.1, 0.15) is 18.4 Å². The zero-order chi connectivity index (χ0) is 20.3. The molecule has 11 heteroatoms. The van der Waals surface area contributed by atoms with E-state index in [4.69, 9.17) is 5.73 Å². The molecule has 0 spiro atoms. The first-order valence-electron chi connectivity index (χ1n) is 8.63. The largest absolute Gasteiger partial charge is 0.419 e. The van der Waals surface area contributed by atoms with Gasteiger partial charge in [0.25, 0.3) is 0 Å². The van der Waals surface area contributed by atoms with Crippen LogP contribution in [0, 0.1) is 5.92 Å². The number of pyridine rings is 1. The first-order valence-corrected chi connectivity index (χ1v) is 8.63. The summed E-state index contributed by atoms with van der Waals surface area (Å²) in [6.45, 7) is 0.398. The molecule has 0 saturated carbocycles. The maximum Gasteiger partial charge on any atom is 0.419 e. The minimum absolute atomic E-state index is 0.118. The average molecular weight is 396 g/mol. The van der Waals surface area contributed by atoms with E-state index in [9.17, 15) is 22.8 Å². The summed E-state index contributed by atoms with van der Waals surface area (Å²) in [6, 6.07) is 2.23. The van der Waals surface area contributed by atoms with Gasteiger partial charge in [0.2, 0.25) is 11.8 Å². The van der Waals surface area contributed by atoms with Crippen LogP contribution >= 0.6 is 0 Å². The number of halogens is 3. The molecule has 3 heterocycles. The second kappa shape index (κ2) is 7.87. The highest BCUT2D eigenvalue weighted by Crippen LogP contribution is 2.36. The van der Waals surface area contributed by atoms with Crippen LogP contribution in [0.5, 0.6) is 0 Å². The van der Waals surface area contributed by atoms with Crippen LogP contribution in [0.25, 0.3) is 0 Å². The molecule has 1 saturated heterocycles. The monoisotopic (exact) mass is 396 g/mol. The molecule has 1 fully saturated rings. The van der Waals surface area contributed by atoms with E-state index in [1.807, 2.05) is 0 Å². The molecule has 2 aromatic heterocycles. The molecule has 8 nitrogen and oxygen atoms in total. The zero-order valence-electron chi connectivity index (χ0n) is 14.8. The molecule has 1 aliphatic rings. The van der Waals surface area contributed by atoms with Gasteiger partial charge in [0.15, 0.2) is 0 Å². The predicted octanol–water partition coefficient (Wildman–Crippen LogP) is 1.64. The van der Waals surface area contributed by atoms with E-state index in [0.29, 0.717) is 25.1 Å². The third-order valence-corrected chi connectivity index (χ3v) is 4.40. The van der Waals surface area contributed by atoms with Crippen molar-refractivity contribution in [3.63, 3.8) is 0 Å². The zero-order valence-corrected chi connectivity index (χ0v) is 14.8. The fourth-order valence-corrected chi connectivity index (χ4v) is 3.17. The van der Waals surface area contributed by atoms with E-state index >= 15 is 0 Å². The number of hydrogen-bond acceptors (Lipinski definition) is 5. The lowest BCUT2D eigenvalue weighted by molar-refractivity contribution is -0.137. The molecule has 0 radical (unpaired) electrons. The van der Waals surface area contributed by atoms with Gasteiger partial charge in [0.05, 0.1) is 23.4 Å². The fourth-order valence-electron chi connectivity index (χ4n) is 3.17. The van der Waals surface area contributed by atoms with Gasteiger partial charge in [-0.1, -0.05) is 0 Å². The number of piperidine rings is 1. The van der Waals surface area contributed by atoms with Crippen molar-refractivity contribution < 1.29 is 22.8 Å². The first kappa shape index (κ1) is 19.6. The Balaban J connectivity index is 1.69. The lowest BCUT2D eigenvalue weighted by atomic mass is 9.96. The van der Waals surface area contributed by atoms with Gasteiger partial charge in [-0.2, -0.15) is 18.3 Å². The van der Waals surface area contributed by atoms with Crippen molar-refractivity contribution in [3.05, 3.63) is 36.3 Å². The van der Waals surface area contributed by atoms with Crippen LogP contribution in [0.4, 0.5) is 24.7 Å². The first-order chi connectivity index (χ1) is 13.2. The minimum Gasteiger partial charge on any atom is -0.368 e. The normalized spacial score (nSPS) is 17.4. The number of nitrogens with one attached hydrogen (secondary N) is 1. The Kier molecular flexibility index (Phi) is 5.52. The number of nitrogens with zero attached hydrogens (tertiary/aromatic N) is 4. The van der Waals surface area contributed by atoms with Crippen LogP contribution in [-0.2, 0) is 22.3 Å². The lowest BCUT2D eigenvalue weighted by Gasteiger charge is -2.34. The van der Waals surface area contributed by atoms with Crippen molar-refractivity contribution in [2.45, 2.75) is 25.6 Å². The number of carbonyl (C=O) groups is 2. The topological polar surface area (TPSA) is 106 Å². The molecule has 1 atom stereocenters. The standard InChI is InChI=1S/C17H19F3N6O2/c18-17(19,20)13-4-1-5-22-15(13)25-6-2-3-11(8-25)16(28)24-12-7-23-26(9-12)10-14(21)27/h1,4-5,7,9,11H,2-3,6,8,10H2,(H2,21,27)(H,24,28). The average Bonchev–Trinajstić information content (AvgIpc) is 3.07. The fraction of sp³-hybridized carbons (Fsp3) is 0.412. The van der Waals surface area contributed by atoms with Crippen molar-refractivity contribution in [2.75, 3.05) is 23.3 Å². The highest BCUT2D eigenvalue weighted by molar-refractivity contribution is 5.92. The van der Waals surface area contributed by atoms with E-state index in [2.05, 4.69) is 15.4 Å². The molecule has 3 N–H and O–H groups in total. The molecule has 28 heavy (non-hydrogen) atoms. The highest BCUT2D eigenvalue weighted by Gasteiger charge is 2.37. The van der Waals surface area contributed by atoms with Crippen LogP contribution < -0.4 is 16.0 Å². The molecule has 1 unspecified atom stereocenters. The van der Waals surface area contributed by atoms with Crippen LogP contribution in [0.15, 0.2) is 30.7 Å². The summed E-state index contributed by atoms with van der Waals surface area (Å²) in [5, 5.41) is 6.59. The summed E-state index contributed by atoms with van der Waals surface area (Å²) < 4.78 is 41.0. The van der Waals surface area contributed by atoms with Crippen LogP contribution in [0.2, 0.25) is 0 Å². The number of anilines is 2. The SMILES string of the molecule is NC(=O)Cn1cc(NC(=O)C2CCCN(c3ncccc3C(F)(F)F)C2)cn1. The minimum atomic E-state index is -4.52. The van der Waals surface area contributed by atoms with Gasteiger partial charge in [-0.05, 0) is 25.0 Å². The molecule has 3 rings (SSSR count). The third-order valence-electron chi connectivity index (χ3n) is 4.40. The van der Waals surface area contributed by atoms with Gasteiger partial charge < -0.3 is 16.0 Å². The Bertz CT molecular complexity index is 867. The maximum atomic E-state index is 13.3. The number of primary amides is 1. The summed E-state index contributed by atoms with van der Waals surface area (Å²) in [5.41, 5.74) is 4.66. The van der Waals surface area contributed by atoms with Crippen molar-refractivity contribution in [1.82, 2.24) is 14.8 Å². The van der Waals surface area contributed by atoms with E-state index in [0.717, 1.165) is 6.07 Å². The van der Waals surface area contributed by atoms with Crippen molar-refractivity contribution >= 4 is 23.3 Å². The van der Waals surface area contributed by atoms with Crippen molar-refractivity contribution in [1.29, 1.82) is 0 Å². The highest BCUT2D eigenvalue weighted by atomic mass is 19.4. The van der Waals surface area contributed by atoms with Crippen LogP contribution in [0.3, 0.4) is 0 Å². The summed E-state index contributed by atoms with van der Waals surface area (Å²) in [6.07, 6.45) is 0.736.